The average molecular weight is 795 g/mol. The van der Waals surface area contributed by atoms with Crippen molar-refractivity contribution < 1.29 is 8.81 Å². The molecule has 0 N–H and O–H groups in total. The quantitative estimate of drug-likeness (QED) is 0.178. The number of aromatic nitrogens is 1. The highest BCUT2D eigenvalue weighted by Gasteiger charge is 2.52. The molecule has 4 heteroatoms. The van der Waals surface area contributed by atoms with Gasteiger partial charge in [0.15, 0.2) is 17.0 Å². The van der Waals surface area contributed by atoms with Crippen LogP contribution < -0.4 is 4.90 Å². The van der Waals surface area contributed by atoms with E-state index >= 15 is 4.39 Å². The summed E-state index contributed by atoms with van der Waals surface area (Å²) in [6.07, 6.45) is 0. The zero-order valence-electron chi connectivity index (χ0n) is 33.7. The Kier molecular flexibility index (Phi) is 6.60. The fraction of sp³-hybridized carbons (Fsp3) is 0.0345. The summed E-state index contributed by atoms with van der Waals surface area (Å²) in [5.74, 6) is -0.371. The van der Waals surface area contributed by atoms with Crippen LogP contribution in [0.2, 0.25) is 0 Å². The molecule has 0 radical (unpaired) electrons. The van der Waals surface area contributed by atoms with Crippen molar-refractivity contribution in [2.75, 3.05) is 4.90 Å². The number of benzene rings is 10. The van der Waals surface area contributed by atoms with Gasteiger partial charge in [-0.15, -0.1) is 0 Å². The highest BCUT2D eigenvalue weighted by Crippen LogP contribution is 2.64. The topological polar surface area (TPSA) is 21.3 Å². The Hall–Kier alpha value is -7.95. The second-order valence-electron chi connectivity index (χ2n) is 16.9. The van der Waals surface area contributed by atoms with Crippen LogP contribution in [0.1, 0.15) is 27.8 Å². The van der Waals surface area contributed by atoms with Crippen molar-refractivity contribution in [3.8, 4) is 16.8 Å². The molecule has 2 aliphatic rings. The molecule has 1 aliphatic heterocycles. The Morgan fingerprint density at radius 1 is 0.468 bits per heavy atom. The highest BCUT2D eigenvalue weighted by atomic mass is 19.1. The first kappa shape index (κ1) is 33.8. The van der Waals surface area contributed by atoms with E-state index in [4.69, 9.17) is 4.42 Å². The number of rotatable bonds is 3. The van der Waals surface area contributed by atoms with Gasteiger partial charge in [0.2, 0.25) is 0 Å². The number of furan rings is 1. The number of fused-ring (bicyclic) bond motifs is 19. The van der Waals surface area contributed by atoms with Crippen molar-refractivity contribution in [2.24, 2.45) is 0 Å². The molecule has 3 heterocycles. The number of hydrogen-bond acceptors (Lipinski definition) is 2. The zero-order valence-corrected chi connectivity index (χ0v) is 33.7. The van der Waals surface area contributed by atoms with Gasteiger partial charge in [-0.1, -0.05) is 157 Å². The molecule has 10 aromatic carbocycles. The summed E-state index contributed by atoms with van der Waals surface area (Å²) in [4.78, 5) is 2.34. The molecule has 0 saturated heterocycles. The van der Waals surface area contributed by atoms with Crippen molar-refractivity contribution in [1.82, 2.24) is 4.57 Å². The Labute approximate surface area is 356 Å². The van der Waals surface area contributed by atoms with E-state index in [1.54, 1.807) is 6.07 Å². The fourth-order valence-corrected chi connectivity index (χ4v) is 11.4. The van der Waals surface area contributed by atoms with Crippen molar-refractivity contribution in [2.45, 2.75) is 12.3 Å². The smallest absolute Gasteiger partial charge is 0.171 e. The Morgan fingerprint density at radius 3 is 1.98 bits per heavy atom. The second-order valence-corrected chi connectivity index (χ2v) is 16.9. The van der Waals surface area contributed by atoms with Crippen molar-refractivity contribution in [1.29, 1.82) is 0 Å². The van der Waals surface area contributed by atoms with Crippen LogP contribution in [0.4, 0.5) is 21.5 Å². The first-order chi connectivity index (χ1) is 30.6. The lowest BCUT2D eigenvalue weighted by atomic mass is 9.65. The van der Waals surface area contributed by atoms with Crippen LogP contribution in [0, 0.1) is 12.7 Å². The Balaban J connectivity index is 1.19. The summed E-state index contributed by atoms with van der Waals surface area (Å²) >= 11 is 0. The summed E-state index contributed by atoms with van der Waals surface area (Å²) in [7, 11) is 0. The lowest BCUT2D eigenvalue weighted by Crippen LogP contribution is -2.33. The van der Waals surface area contributed by atoms with Crippen LogP contribution in [0.5, 0.6) is 0 Å². The van der Waals surface area contributed by atoms with Gasteiger partial charge in [-0.3, -0.25) is 0 Å². The standard InChI is InChI=1S/C58H35FN2O/c1-34-27-30-36(31-28-34)60(51-26-12-20-43-42-19-11-23-48(59)56(42)62-57(43)51)52-33-47-54(40-17-5-4-15-38(40)52)53-37-14-3-2-13-35(37)29-32-45(53)58(47)44-21-7-9-25-50(44)61-49-24-8-6-16-39(49)41-18-10-22-46(58)55(41)61/h2-33H,1H3. The van der Waals surface area contributed by atoms with Crippen molar-refractivity contribution >= 4 is 82.4 Å². The molecule has 0 amide bonds. The van der Waals surface area contributed by atoms with Crippen LogP contribution in [-0.2, 0) is 5.41 Å². The summed E-state index contributed by atoms with van der Waals surface area (Å²) in [6.45, 7) is 2.12. The van der Waals surface area contributed by atoms with Gasteiger partial charge in [0.25, 0.3) is 0 Å². The van der Waals surface area contributed by atoms with E-state index in [0.717, 1.165) is 33.2 Å². The third kappa shape index (κ3) is 4.14. The molecule has 0 saturated carbocycles. The fourth-order valence-electron chi connectivity index (χ4n) is 11.4. The molecule has 2 aromatic heterocycles. The van der Waals surface area contributed by atoms with Crippen LogP contribution in [0.15, 0.2) is 199 Å². The van der Waals surface area contributed by atoms with Gasteiger partial charge in [-0.05, 0) is 98.9 Å². The number of para-hydroxylation sites is 5. The molecule has 12 aromatic rings. The van der Waals surface area contributed by atoms with Crippen LogP contribution in [-0.4, -0.2) is 4.57 Å². The highest BCUT2D eigenvalue weighted by molar-refractivity contribution is 6.19. The minimum Gasteiger partial charge on any atom is -0.451 e. The zero-order chi connectivity index (χ0) is 40.8. The van der Waals surface area contributed by atoms with Gasteiger partial charge in [0, 0.05) is 32.6 Å². The SMILES string of the molecule is Cc1ccc(N(c2cc3c(c4ccccc24)-c2c(ccc4ccccc24)C32c3ccccc3-n3c4ccccc4c4cccc2c43)c2cccc3c2oc2c(F)cccc23)cc1. The minimum absolute atomic E-state index is 0.265. The number of anilines is 3. The van der Waals surface area contributed by atoms with Gasteiger partial charge in [0.1, 0.15) is 0 Å². The van der Waals surface area contributed by atoms with Crippen LogP contribution in [0.3, 0.4) is 0 Å². The van der Waals surface area contributed by atoms with E-state index in [0.29, 0.717) is 5.58 Å². The third-order valence-electron chi connectivity index (χ3n) is 13.9. The number of nitrogens with zero attached hydrogens (tertiary/aromatic N) is 2. The molecule has 0 bridgehead atoms. The molecule has 0 fully saturated rings. The molecule has 14 rings (SSSR count). The summed E-state index contributed by atoms with van der Waals surface area (Å²) in [6, 6.07) is 69.8. The Morgan fingerprint density at radius 2 is 1.11 bits per heavy atom. The van der Waals surface area contributed by atoms with E-state index in [1.807, 2.05) is 12.1 Å². The van der Waals surface area contributed by atoms with E-state index < -0.39 is 5.41 Å². The largest absolute Gasteiger partial charge is 0.451 e. The number of hydrogen-bond donors (Lipinski definition) is 0. The molecule has 1 spiro atoms. The Bertz CT molecular complexity index is 3910. The molecule has 290 valence electrons. The van der Waals surface area contributed by atoms with Crippen LogP contribution in [0.25, 0.3) is 82.1 Å². The van der Waals surface area contributed by atoms with Gasteiger partial charge >= 0.3 is 0 Å². The van der Waals surface area contributed by atoms with Crippen LogP contribution >= 0.6 is 0 Å². The number of aryl methyl sites for hydroxylation is 1. The number of halogens is 1. The third-order valence-corrected chi connectivity index (χ3v) is 13.9. The maximum Gasteiger partial charge on any atom is 0.171 e. The van der Waals surface area contributed by atoms with E-state index in [-0.39, 0.29) is 11.4 Å². The normalized spacial score (nSPS) is 15.0. The van der Waals surface area contributed by atoms with Crippen molar-refractivity contribution in [3.05, 3.63) is 228 Å². The summed E-state index contributed by atoms with van der Waals surface area (Å²) in [5.41, 5.74) is 15.4. The minimum atomic E-state index is -0.693. The first-order valence-electron chi connectivity index (χ1n) is 21.3. The predicted octanol–water partition coefficient (Wildman–Crippen LogP) is 15.6. The molecular formula is C58H35FN2O. The maximum atomic E-state index is 15.5. The molecular weight excluding hydrogens is 760 g/mol. The summed E-state index contributed by atoms with van der Waals surface area (Å²) < 4.78 is 24.6. The monoisotopic (exact) mass is 794 g/mol. The van der Waals surface area contributed by atoms with E-state index in [1.165, 1.54) is 88.7 Å². The lowest BCUT2D eigenvalue weighted by molar-refractivity contribution is 0.584. The molecule has 1 atom stereocenters. The predicted molar refractivity (Wildman–Crippen MR) is 253 cm³/mol. The van der Waals surface area contributed by atoms with Gasteiger partial charge in [0.05, 0.1) is 33.5 Å². The van der Waals surface area contributed by atoms with Gasteiger partial charge < -0.3 is 13.9 Å². The van der Waals surface area contributed by atoms with Gasteiger partial charge in [-0.25, -0.2) is 4.39 Å². The molecule has 3 nitrogen and oxygen atoms in total. The lowest BCUT2D eigenvalue weighted by Gasteiger charge is -2.40. The average Bonchev–Trinajstić information content (AvgIpc) is 3.97. The van der Waals surface area contributed by atoms with E-state index in [9.17, 15) is 0 Å². The first-order valence-corrected chi connectivity index (χ1v) is 21.3. The van der Waals surface area contributed by atoms with Gasteiger partial charge in [-0.2, -0.15) is 0 Å². The maximum absolute atomic E-state index is 15.5. The second kappa shape index (κ2) is 12.1. The molecule has 1 unspecified atom stereocenters. The van der Waals surface area contributed by atoms with E-state index in [2.05, 4.69) is 186 Å². The summed E-state index contributed by atoms with van der Waals surface area (Å²) in [5, 5.41) is 8.85. The van der Waals surface area contributed by atoms with Crippen molar-refractivity contribution in [3.63, 3.8) is 0 Å². The molecule has 62 heavy (non-hydrogen) atoms. The molecule has 1 aliphatic carbocycles.